The van der Waals surface area contributed by atoms with Gasteiger partial charge in [0.15, 0.2) is 6.61 Å². The summed E-state index contributed by atoms with van der Waals surface area (Å²) in [6.45, 7) is 1.71. The molecule has 1 aromatic heterocycles. The van der Waals surface area contributed by atoms with Crippen molar-refractivity contribution in [3.63, 3.8) is 0 Å². The van der Waals surface area contributed by atoms with Gasteiger partial charge in [-0.05, 0) is 42.6 Å². The van der Waals surface area contributed by atoms with Gasteiger partial charge in [0.25, 0.3) is 5.91 Å². The van der Waals surface area contributed by atoms with E-state index in [2.05, 4.69) is 10.5 Å². The Morgan fingerprint density at radius 2 is 2.05 bits per heavy atom. The van der Waals surface area contributed by atoms with Crippen LogP contribution in [0.15, 0.2) is 46.9 Å². The van der Waals surface area contributed by atoms with Gasteiger partial charge in [-0.2, -0.15) is 0 Å². The molecule has 1 amide bonds. The summed E-state index contributed by atoms with van der Waals surface area (Å²) >= 11 is 1.57. The van der Waals surface area contributed by atoms with E-state index in [9.17, 15) is 4.79 Å². The summed E-state index contributed by atoms with van der Waals surface area (Å²) in [5, 5.41) is 8.60. The lowest BCUT2D eigenvalue weighted by atomic mass is 10.3. The highest BCUT2D eigenvalue weighted by atomic mass is 32.1. The van der Waals surface area contributed by atoms with Crippen LogP contribution in [0.1, 0.15) is 11.8 Å². The van der Waals surface area contributed by atoms with Crippen molar-refractivity contribution in [2.75, 3.05) is 19.0 Å². The molecule has 21 heavy (non-hydrogen) atoms. The van der Waals surface area contributed by atoms with E-state index in [4.69, 9.17) is 9.57 Å². The summed E-state index contributed by atoms with van der Waals surface area (Å²) < 4.78 is 5.05. The number of ether oxygens (including phenoxy) is 1. The second kappa shape index (κ2) is 7.44. The van der Waals surface area contributed by atoms with Crippen LogP contribution in [0, 0.1) is 0 Å². The van der Waals surface area contributed by atoms with Gasteiger partial charge in [-0.3, -0.25) is 4.79 Å². The van der Waals surface area contributed by atoms with Gasteiger partial charge in [-0.25, -0.2) is 0 Å². The Balaban J connectivity index is 1.80. The molecule has 0 bridgehead atoms. The van der Waals surface area contributed by atoms with Gasteiger partial charge < -0.3 is 14.9 Å². The highest BCUT2D eigenvalue weighted by molar-refractivity contribution is 7.12. The average molecular weight is 304 g/mol. The molecule has 0 aliphatic rings. The monoisotopic (exact) mass is 304 g/mol. The first-order valence-electron chi connectivity index (χ1n) is 6.33. The number of nitrogens with zero attached hydrogens (tertiary/aromatic N) is 1. The van der Waals surface area contributed by atoms with Crippen LogP contribution in [0.25, 0.3) is 0 Å². The molecule has 0 spiro atoms. The number of anilines is 1. The van der Waals surface area contributed by atoms with E-state index in [1.165, 1.54) is 0 Å². The van der Waals surface area contributed by atoms with Gasteiger partial charge >= 0.3 is 0 Å². The van der Waals surface area contributed by atoms with Crippen LogP contribution in [-0.2, 0) is 9.63 Å². The van der Waals surface area contributed by atoms with Crippen LogP contribution in [0.2, 0.25) is 0 Å². The normalized spacial score (nSPS) is 11.0. The topological polar surface area (TPSA) is 59.9 Å². The quantitative estimate of drug-likeness (QED) is 0.659. The van der Waals surface area contributed by atoms with E-state index in [0.717, 1.165) is 16.3 Å². The number of oxime groups is 1. The number of methoxy groups -OCH3 is 1. The van der Waals surface area contributed by atoms with Crippen molar-refractivity contribution in [2.45, 2.75) is 6.92 Å². The molecule has 0 saturated heterocycles. The van der Waals surface area contributed by atoms with Crippen LogP contribution in [0.5, 0.6) is 5.75 Å². The molecule has 2 aromatic rings. The van der Waals surface area contributed by atoms with Gasteiger partial charge in [0.2, 0.25) is 0 Å². The Kier molecular flexibility index (Phi) is 5.34. The highest BCUT2D eigenvalue weighted by Crippen LogP contribution is 2.15. The predicted molar refractivity (Wildman–Crippen MR) is 84.1 cm³/mol. The summed E-state index contributed by atoms with van der Waals surface area (Å²) in [7, 11) is 1.59. The first-order valence-corrected chi connectivity index (χ1v) is 7.21. The van der Waals surface area contributed by atoms with Crippen molar-refractivity contribution >= 4 is 28.6 Å². The van der Waals surface area contributed by atoms with Crippen molar-refractivity contribution in [3.8, 4) is 5.75 Å². The molecule has 110 valence electrons. The van der Waals surface area contributed by atoms with E-state index in [0.29, 0.717) is 5.69 Å². The lowest BCUT2D eigenvalue weighted by Gasteiger charge is -2.05. The smallest absolute Gasteiger partial charge is 0.265 e. The molecule has 5 nitrogen and oxygen atoms in total. The van der Waals surface area contributed by atoms with Crippen LogP contribution in [-0.4, -0.2) is 25.3 Å². The van der Waals surface area contributed by atoms with E-state index < -0.39 is 0 Å². The van der Waals surface area contributed by atoms with E-state index in [1.54, 1.807) is 42.7 Å². The molecule has 2 rings (SSSR count). The molecule has 0 radical (unpaired) electrons. The fourth-order valence-corrected chi connectivity index (χ4v) is 2.26. The zero-order valence-corrected chi connectivity index (χ0v) is 12.6. The van der Waals surface area contributed by atoms with Crippen molar-refractivity contribution < 1.29 is 14.4 Å². The van der Waals surface area contributed by atoms with Gasteiger partial charge in [-0.15, -0.1) is 11.3 Å². The van der Waals surface area contributed by atoms with Gasteiger partial charge in [0.1, 0.15) is 5.75 Å². The average Bonchev–Trinajstić information content (AvgIpc) is 3.02. The largest absolute Gasteiger partial charge is 0.497 e. The van der Waals surface area contributed by atoms with Gasteiger partial charge in [0, 0.05) is 5.69 Å². The molecular formula is C15H16N2O3S. The zero-order valence-electron chi connectivity index (χ0n) is 11.8. The molecule has 1 N–H and O–H groups in total. The van der Waals surface area contributed by atoms with Crippen molar-refractivity contribution in [2.24, 2.45) is 5.16 Å². The standard InChI is InChI=1S/C15H16N2O3S/c1-11(14-4-3-9-21-14)17-20-10-15(18)16-12-5-7-13(19-2)8-6-12/h3-9H,10H2,1-2H3,(H,16,18)/b17-11+. The molecule has 1 aromatic carbocycles. The van der Waals surface area contributed by atoms with Crippen LogP contribution in [0.4, 0.5) is 5.69 Å². The summed E-state index contributed by atoms with van der Waals surface area (Å²) in [6, 6.07) is 11.0. The van der Waals surface area contributed by atoms with E-state index >= 15 is 0 Å². The van der Waals surface area contributed by atoms with Gasteiger partial charge in [0.05, 0.1) is 17.7 Å². The summed E-state index contributed by atoms with van der Waals surface area (Å²) in [5.41, 5.74) is 1.44. The minimum Gasteiger partial charge on any atom is -0.497 e. The summed E-state index contributed by atoms with van der Waals surface area (Å²) in [4.78, 5) is 17.8. The van der Waals surface area contributed by atoms with E-state index in [-0.39, 0.29) is 12.5 Å². The second-order valence-corrected chi connectivity index (χ2v) is 5.15. The van der Waals surface area contributed by atoms with E-state index in [1.807, 2.05) is 24.4 Å². The molecule has 6 heteroatoms. The first kappa shape index (κ1) is 15.1. The Labute approximate surface area is 127 Å². The first-order chi connectivity index (χ1) is 10.2. The van der Waals surface area contributed by atoms with Crippen LogP contribution < -0.4 is 10.1 Å². The lowest BCUT2D eigenvalue weighted by molar-refractivity contribution is -0.120. The molecule has 0 atom stereocenters. The SMILES string of the molecule is COc1ccc(NC(=O)CO/N=C(\C)c2cccs2)cc1. The van der Waals surface area contributed by atoms with Crippen molar-refractivity contribution in [1.82, 2.24) is 0 Å². The number of carbonyl (C=O) groups excluding carboxylic acids is 1. The third-order valence-corrected chi connectivity index (χ3v) is 3.63. The number of nitrogens with one attached hydrogen (secondary N) is 1. The number of amides is 1. The number of hydrogen-bond acceptors (Lipinski definition) is 5. The fourth-order valence-electron chi connectivity index (χ4n) is 1.59. The molecule has 0 aliphatic heterocycles. The maximum atomic E-state index is 11.7. The third-order valence-electron chi connectivity index (χ3n) is 2.65. The predicted octanol–water partition coefficient (Wildman–Crippen LogP) is 3.14. The highest BCUT2D eigenvalue weighted by Gasteiger charge is 2.04. The molecule has 1 heterocycles. The number of carbonyl (C=O) groups is 1. The number of thiophene rings is 1. The Morgan fingerprint density at radius 1 is 1.29 bits per heavy atom. The zero-order chi connectivity index (χ0) is 15.1. The third kappa shape index (κ3) is 4.61. The summed E-state index contributed by atoms with van der Waals surface area (Å²) in [5.74, 6) is 0.475. The summed E-state index contributed by atoms with van der Waals surface area (Å²) in [6.07, 6.45) is 0. The second-order valence-electron chi connectivity index (χ2n) is 4.20. The Hall–Kier alpha value is -2.34. The molecule has 0 saturated carbocycles. The van der Waals surface area contributed by atoms with Gasteiger partial charge in [-0.1, -0.05) is 11.2 Å². The molecule has 0 aliphatic carbocycles. The minimum absolute atomic E-state index is 0.130. The van der Waals surface area contributed by atoms with Crippen LogP contribution in [0.3, 0.4) is 0 Å². The maximum absolute atomic E-state index is 11.7. The maximum Gasteiger partial charge on any atom is 0.265 e. The molecule has 0 unspecified atom stereocenters. The Bertz CT molecular complexity index is 606. The number of benzene rings is 1. The minimum atomic E-state index is -0.261. The van der Waals surface area contributed by atoms with Crippen molar-refractivity contribution in [1.29, 1.82) is 0 Å². The Morgan fingerprint density at radius 3 is 2.67 bits per heavy atom. The van der Waals surface area contributed by atoms with Crippen LogP contribution >= 0.6 is 11.3 Å². The van der Waals surface area contributed by atoms with Crippen molar-refractivity contribution in [3.05, 3.63) is 46.7 Å². The molecular weight excluding hydrogens is 288 g/mol. The number of hydrogen-bond donors (Lipinski definition) is 1. The lowest BCUT2D eigenvalue weighted by Crippen LogP contribution is -2.17. The molecule has 0 fully saturated rings. The number of rotatable bonds is 6. The fraction of sp³-hybridized carbons (Fsp3) is 0.200.